The monoisotopic (exact) mass is 388 g/mol. The molecule has 0 aliphatic rings. The van der Waals surface area contributed by atoms with Crippen LogP contribution in [0.25, 0.3) is 17.1 Å². The van der Waals surface area contributed by atoms with Crippen molar-refractivity contribution in [2.45, 2.75) is 0 Å². The van der Waals surface area contributed by atoms with Crippen molar-refractivity contribution < 1.29 is 14.8 Å². The summed E-state index contributed by atoms with van der Waals surface area (Å²) in [4.78, 5) is 35.1. The van der Waals surface area contributed by atoms with Crippen LogP contribution >= 0.6 is 12.2 Å². The van der Waals surface area contributed by atoms with E-state index in [0.29, 0.717) is 5.56 Å². The maximum absolute atomic E-state index is 11.4. The molecule has 3 aromatic rings. The summed E-state index contributed by atoms with van der Waals surface area (Å²) in [5.41, 5.74) is -0.735. The quantitative estimate of drug-likeness (QED) is 0.395. The molecule has 0 aliphatic carbocycles. The van der Waals surface area contributed by atoms with E-state index in [1.807, 2.05) is 0 Å². The number of hydrogen-bond donors (Lipinski definition) is 1. The number of H-pyrrole nitrogens is 1. The minimum absolute atomic E-state index is 0.0102. The number of non-ortho nitro benzene ring substituents is 2. The highest BCUT2D eigenvalue weighted by Crippen LogP contribution is 2.30. The van der Waals surface area contributed by atoms with Crippen LogP contribution < -0.4 is 0 Å². The number of aromatic nitrogens is 3. The summed E-state index contributed by atoms with van der Waals surface area (Å²) in [6, 6.07) is 8.46. The molecule has 0 saturated heterocycles. The second kappa shape index (κ2) is 6.72. The van der Waals surface area contributed by atoms with Gasteiger partial charge in [0.2, 0.25) is 4.77 Å². The van der Waals surface area contributed by atoms with E-state index in [2.05, 4.69) is 10.1 Å². The van der Waals surface area contributed by atoms with Gasteiger partial charge >= 0.3 is 5.69 Å². The molecule has 0 spiro atoms. The van der Waals surface area contributed by atoms with E-state index in [1.165, 1.54) is 35.0 Å². The first-order valence-corrected chi connectivity index (χ1v) is 7.56. The molecule has 12 nitrogen and oxygen atoms in total. The summed E-state index contributed by atoms with van der Waals surface area (Å²) >= 11 is 4.99. The topological polar surface area (TPSA) is 163 Å². The van der Waals surface area contributed by atoms with Crippen LogP contribution in [0.5, 0.6) is 0 Å². The molecule has 0 amide bonds. The van der Waals surface area contributed by atoms with Gasteiger partial charge in [-0.3, -0.25) is 35.4 Å². The van der Waals surface area contributed by atoms with Crippen molar-refractivity contribution in [2.75, 3.05) is 0 Å². The van der Waals surface area contributed by atoms with Crippen molar-refractivity contribution in [3.8, 4) is 17.1 Å². The molecule has 1 N–H and O–H groups in total. The Morgan fingerprint density at radius 3 is 2.04 bits per heavy atom. The Kier molecular flexibility index (Phi) is 4.43. The predicted molar refractivity (Wildman–Crippen MR) is 94.1 cm³/mol. The molecule has 0 radical (unpaired) electrons. The van der Waals surface area contributed by atoms with E-state index < -0.39 is 26.1 Å². The first-order valence-electron chi connectivity index (χ1n) is 7.15. The molecule has 0 saturated carbocycles. The summed E-state index contributed by atoms with van der Waals surface area (Å²) in [5.74, 6) is 0.159. The summed E-state index contributed by atoms with van der Waals surface area (Å²) in [6.45, 7) is 0. The van der Waals surface area contributed by atoms with E-state index in [1.54, 1.807) is 0 Å². The fourth-order valence-electron chi connectivity index (χ4n) is 2.38. The molecule has 2 aromatic carbocycles. The second-order valence-corrected chi connectivity index (χ2v) is 5.57. The minimum atomic E-state index is -0.765. The number of nitrogens with one attached hydrogen (secondary N) is 1. The first-order chi connectivity index (χ1) is 12.8. The average molecular weight is 388 g/mol. The number of nitro benzene ring substituents is 3. The molecule has 13 heteroatoms. The van der Waals surface area contributed by atoms with Crippen LogP contribution in [0.4, 0.5) is 17.1 Å². The van der Waals surface area contributed by atoms with E-state index in [0.717, 1.165) is 12.1 Å². The van der Waals surface area contributed by atoms with Crippen LogP contribution in [0, 0.1) is 35.1 Å². The lowest BCUT2D eigenvalue weighted by atomic mass is 10.2. The van der Waals surface area contributed by atoms with Gasteiger partial charge in [-0.1, -0.05) is 0 Å². The maximum atomic E-state index is 11.4. The van der Waals surface area contributed by atoms with Gasteiger partial charge in [-0.2, -0.15) is 4.98 Å². The summed E-state index contributed by atoms with van der Waals surface area (Å²) in [7, 11) is 0. The van der Waals surface area contributed by atoms with Crippen molar-refractivity contribution in [3.63, 3.8) is 0 Å². The van der Waals surface area contributed by atoms with Gasteiger partial charge < -0.3 is 0 Å². The van der Waals surface area contributed by atoms with Gasteiger partial charge in [0.25, 0.3) is 11.4 Å². The number of nitro groups is 3. The highest BCUT2D eigenvalue weighted by atomic mass is 32.1. The lowest BCUT2D eigenvalue weighted by Crippen LogP contribution is -2.04. The van der Waals surface area contributed by atoms with Crippen LogP contribution in [-0.4, -0.2) is 29.5 Å². The third kappa shape index (κ3) is 3.38. The number of nitrogens with zero attached hydrogens (tertiary/aromatic N) is 5. The molecule has 27 heavy (non-hydrogen) atoms. The van der Waals surface area contributed by atoms with E-state index in [9.17, 15) is 30.3 Å². The van der Waals surface area contributed by atoms with Gasteiger partial charge in [0.1, 0.15) is 5.69 Å². The molecular formula is C14H8N6O6S. The number of hydrogen-bond acceptors (Lipinski definition) is 8. The zero-order valence-corrected chi connectivity index (χ0v) is 14.0. The standard InChI is InChI=1S/C14H8N6O6S/c21-18(22)9-3-1-8(2-4-9)13-15-14(27)16-17(13)11-6-5-10(19(23)24)7-12(11)20(25)26/h1-7H,(H,16,27). The van der Waals surface area contributed by atoms with Gasteiger partial charge in [-0.25, -0.2) is 4.68 Å². The third-order valence-electron chi connectivity index (χ3n) is 3.57. The van der Waals surface area contributed by atoms with Gasteiger partial charge in [0, 0.05) is 23.8 Å². The Bertz CT molecular complexity index is 1140. The molecule has 1 aromatic heterocycles. The Morgan fingerprint density at radius 1 is 0.889 bits per heavy atom. The number of aromatic amines is 1. The fourth-order valence-corrected chi connectivity index (χ4v) is 2.56. The van der Waals surface area contributed by atoms with Crippen LogP contribution in [0.3, 0.4) is 0 Å². The fraction of sp³-hybridized carbons (Fsp3) is 0. The molecular weight excluding hydrogens is 380 g/mol. The molecule has 0 unspecified atom stereocenters. The van der Waals surface area contributed by atoms with Gasteiger partial charge in [-0.05, 0) is 30.4 Å². The van der Waals surface area contributed by atoms with Crippen LogP contribution in [0.15, 0.2) is 42.5 Å². The zero-order valence-electron chi connectivity index (χ0n) is 13.1. The lowest BCUT2D eigenvalue weighted by molar-refractivity contribution is -0.394. The molecule has 136 valence electrons. The SMILES string of the molecule is O=[N+]([O-])c1ccc(-c2nc(=S)[nH]n2-c2ccc([N+](=O)[O-])cc2[N+](=O)[O-])cc1. The Balaban J connectivity index is 2.19. The maximum Gasteiger partial charge on any atom is 0.301 e. The smallest absolute Gasteiger partial charge is 0.266 e. The summed E-state index contributed by atoms with van der Waals surface area (Å²) < 4.78 is 1.21. The minimum Gasteiger partial charge on any atom is -0.266 e. The van der Waals surface area contributed by atoms with Crippen LogP contribution in [0.2, 0.25) is 0 Å². The highest BCUT2D eigenvalue weighted by molar-refractivity contribution is 7.71. The highest BCUT2D eigenvalue weighted by Gasteiger charge is 2.23. The largest absolute Gasteiger partial charge is 0.301 e. The van der Waals surface area contributed by atoms with E-state index >= 15 is 0 Å². The zero-order chi connectivity index (χ0) is 19.7. The molecule has 0 bridgehead atoms. The third-order valence-corrected chi connectivity index (χ3v) is 3.75. The Hall–Kier alpha value is -4.00. The molecule has 0 atom stereocenters. The second-order valence-electron chi connectivity index (χ2n) is 5.18. The molecule has 0 fully saturated rings. The first kappa shape index (κ1) is 17.8. The van der Waals surface area contributed by atoms with Crippen molar-refractivity contribution in [2.24, 2.45) is 0 Å². The predicted octanol–water partition coefficient (Wildman–Crippen LogP) is 3.32. The molecule has 3 rings (SSSR count). The van der Waals surface area contributed by atoms with Crippen LogP contribution in [0.1, 0.15) is 0 Å². The summed E-state index contributed by atoms with van der Waals surface area (Å²) in [6.07, 6.45) is 0. The summed E-state index contributed by atoms with van der Waals surface area (Å²) in [5, 5.41) is 35.7. The van der Waals surface area contributed by atoms with Gasteiger partial charge in [0.15, 0.2) is 5.82 Å². The number of benzene rings is 2. The van der Waals surface area contributed by atoms with Crippen molar-refractivity contribution in [3.05, 3.63) is 77.6 Å². The number of rotatable bonds is 5. The normalized spacial score (nSPS) is 10.5. The van der Waals surface area contributed by atoms with Crippen LogP contribution in [-0.2, 0) is 0 Å². The Morgan fingerprint density at radius 2 is 1.48 bits per heavy atom. The van der Waals surface area contributed by atoms with E-state index in [4.69, 9.17) is 12.2 Å². The van der Waals surface area contributed by atoms with Crippen molar-refractivity contribution >= 4 is 29.3 Å². The van der Waals surface area contributed by atoms with E-state index in [-0.39, 0.29) is 22.0 Å². The lowest BCUT2D eigenvalue weighted by Gasteiger charge is -2.08. The molecule has 1 heterocycles. The van der Waals surface area contributed by atoms with Crippen molar-refractivity contribution in [1.29, 1.82) is 0 Å². The Labute approximate surface area is 154 Å². The van der Waals surface area contributed by atoms with Gasteiger partial charge in [-0.15, -0.1) is 0 Å². The molecule has 0 aliphatic heterocycles. The van der Waals surface area contributed by atoms with Gasteiger partial charge in [0.05, 0.1) is 20.8 Å². The van der Waals surface area contributed by atoms with Crippen molar-refractivity contribution in [1.82, 2.24) is 14.8 Å². The average Bonchev–Trinajstić information content (AvgIpc) is 3.02.